The first-order chi connectivity index (χ1) is 12.6. The summed E-state index contributed by atoms with van der Waals surface area (Å²) in [7, 11) is 0. The zero-order valence-corrected chi connectivity index (χ0v) is 14.9. The third kappa shape index (κ3) is 3.15. The minimum atomic E-state index is -0.881. The maximum atomic E-state index is 12.9. The van der Waals surface area contributed by atoms with E-state index < -0.39 is 17.8 Å². The van der Waals surface area contributed by atoms with E-state index in [1.807, 2.05) is 66.7 Å². The summed E-state index contributed by atoms with van der Waals surface area (Å²) in [6.07, 6.45) is 4.71. The van der Waals surface area contributed by atoms with Gasteiger partial charge in [0.25, 0.3) is 0 Å². The Morgan fingerprint density at radius 2 is 1.58 bits per heavy atom. The predicted octanol–water partition coefficient (Wildman–Crippen LogP) is 4.30. The predicted molar refractivity (Wildman–Crippen MR) is 101 cm³/mol. The van der Waals surface area contributed by atoms with Gasteiger partial charge in [-0.1, -0.05) is 54.2 Å². The first kappa shape index (κ1) is 16.9. The number of fused-ring (bicyclic) bond motifs is 2. The number of hydrogen-bond donors (Lipinski definition) is 2. The van der Waals surface area contributed by atoms with Crippen LogP contribution in [0, 0.1) is 23.7 Å². The molecule has 0 heterocycles. The lowest BCUT2D eigenvalue weighted by Crippen LogP contribution is -2.36. The van der Waals surface area contributed by atoms with Crippen LogP contribution in [0.25, 0.3) is 0 Å². The fourth-order valence-corrected chi connectivity index (χ4v) is 4.93. The zero-order valence-electron chi connectivity index (χ0n) is 14.0. The number of carboxylic acid groups (broad SMARTS) is 1. The Morgan fingerprint density at radius 1 is 0.923 bits per heavy atom. The average molecular weight is 365 g/mol. The van der Waals surface area contributed by atoms with Crippen molar-refractivity contribution in [1.29, 1.82) is 0 Å². The SMILES string of the molecule is O=C(O)[C@H]1[C@H](C(=O)Nc2ccccc2Sc2ccccc2)[C@H]2C=C[C@H]1C2. The highest BCUT2D eigenvalue weighted by Gasteiger charge is 2.51. The molecule has 0 spiro atoms. The van der Waals surface area contributed by atoms with E-state index in [-0.39, 0.29) is 17.7 Å². The van der Waals surface area contributed by atoms with Gasteiger partial charge in [0.1, 0.15) is 0 Å². The van der Waals surface area contributed by atoms with E-state index in [2.05, 4.69) is 5.32 Å². The number of carboxylic acids is 1. The number of para-hydroxylation sites is 1. The molecule has 4 atom stereocenters. The number of amides is 1. The van der Waals surface area contributed by atoms with Crippen LogP contribution in [0.4, 0.5) is 5.69 Å². The van der Waals surface area contributed by atoms with Gasteiger partial charge in [-0.05, 0) is 42.5 Å². The summed E-state index contributed by atoms with van der Waals surface area (Å²) in [6, 6.07) is 17.6. The van der Waals surface area contributed by atoms with Crippen LogP contribution in [-0.2, 0) is 9.59 Å². The molecule has 2 aromatic rings. The highest BCUT2D eigenvalue weighted by molar-refractivity contribution is 7.99. The Bertz CT molecular complexity index is 865. The minimum absolute atomic E-state index is 0.0232. The molecule has 1 saturated carbocycles. The molecular formula is C21H19NO3S. The molecule has 4 rings (SSSR count). The van der Waals surface area contributed by atoms with Gasteiger partial charge in [-0.2, -0.15) is 0 Å². The Morgan fingerprint density at radius 3 is 2.31 bits per heavy atom. The van der Waals surface area contributed by atoms with Gasteiger partial charge in [0, 0.05) is 9.79 Å². The van der Waals surface area contributed by atoms with E-state index in [4.69, 9.17) is 0 Å². The van der Waals surface area contributed by atoms with Crippen molar-refractivity contribution in [1.82, 2.24) is 0 Å². The van der Waals surface area contributed by atoms with Crippen LogP contribution in [0.5, 0.6) is 0 Å². The number of nitrogens with one attached hydrogen (secondary N) is 1. The molecule has 1 amide bonds. The van der Waals surface area contributed by atoms with Crippen molar-refractivity contribution < 1.29 is 14.7 Å². The van der Waals surface area contributed by atoms with Gasteiger partial charge in [-0.3, -0.25) is 9.59 Å². The molecule has 0 unspecified atom stereocenters. The van der Waals surface area contributed by atoms with E-state index in [0.717, 1.165) is 21.9 Å². The summed E-state index contributed by atoms with van der Waals surface area (Å²) < 4.78 is 0. The Balaban J connectivity index is 1.55. The number of carbonyl (C=O) groups excluding carboxylic acids is 1. The normalized spacial score (nSPS) is 26.0. The number of aliphatic carboxylic acids is 1. The van der Waals surface area contributed by atoms with Crippen LogP contribution < -0.4 is 5.32 Å². The third-order valence-electron chi connectivity index (χ3n) is 5.16. The van der Waals surface area contributed by atoms with Crippen LogP contribution >= 0.6 is 11.8 Å². The molecule has 2 aliphatic carbocycles. The number of allylic oxidation sites excluding steroid dienone is 2. The van der Waals surface area contributed by atoms with Crippen LogP contribution in [0.3, 0.4) is 0 Å². The van der Waals surface area contributed by atoms with E-state index in [1.54, 1.807) is 11.8 Å². The molecular weight excluding hydrogens is 346 g/mol. The minimum Gasteiger partial charge on any atom is -0.481 e. The van der Waals surface area contributed by atoms with Gasteiger partial charge >= 0.3 is 5.97 Å². The number of anilines is 1. The summed E-state index contributed by atoms with van der Waals surface area (Å²) in [6.45, 7) is 0. The third-order valence-corrected chi connectivity index (χ3v) is 6.25. The molecule has 0 aliphatic heterocycles. The summed E-state index contributed by atoms with van der Waals surface area (Å²) in [4.78, 5) is 26.6. The Labute approximate surface area is 156 Å². The Hall–Kier alpha value is -2.53. The number of rotatable bonds is 5. The number of benzene rings is 2. The second kappa shape index (κ2) is 7.00. The van der Waals surface area contributed by atoms with E-state index in [9.17, 15) is 14.7 Å². The molecule has 4 nitrogen and oxygen atoms in total. The van der Waals surface area contributed by atoms with E-state index in [1.165, 1.54) is 0 Å². The van der Waals surface area contributed by atoms with Crippen molar-refractivity contribution in [3.8, 4) is 0 Å². The molecule has 0 radical (unpaired) electrons. The fraction of sp³-hybridized carbons (Fsp3) is 0.238. The molecule has 2 aliphatic rings. The lowest BCUT2D eigenvalue weighted by molar-refractivity contribution is -0.146. The summed E-state index contributed by atoms with van der Waals surface area (Å²) in [5.41, 5.74) is 0.724. The summed E-state index contributed by atoms with van der Waals surface area (Å²) >= 11 is 1.58. The monoisotopic (exact) mass is 365 g/mol. The molecule has 132 valence electrons. The van der Waals surface area contributed by atoms with Crippen molar-refractivity contribution in [2.75, 3.05) is 5.32 Å². The zero-order chi connectivity index (χ0) is 18.1. The highest BCUT2D eigenvalue weighted by Crippen LogP contribution is 2.48. The quantitative estimate of drug-likeness (QED) is 0.776. The van der Waals surface area contributed by atoms with Gasteiger partial charge < -0.3 is 10.4 Å². The van der Waals surface area contributed by atoms with Crippen molar-refractivity contribution in [3.05, 3.63) is 66.7 Å². The van der Waals surface area contributed by atoms with Crippen molar-refractivity contribution in [3.63, 3.8) is 0 Å². The smallest absolute Gasteiger partial charge is 0.307 e. The Kier molecular flexibility index (Phi) is 4.55. The standard InChI is InChI=1S/C21H19NO3S/c23-20(18-13-10-11-14(12-13)19(18)21(24)25)22-16-8-4-5-9-17(16)26-15-6-2-1-3-7-15/h1-11,13-14,18-19H,12H2,(H,22,23)(H,24,25)/t13-,14-,18+,19+/m0/s1. The highest BCUT2D eigenvalue weighted by atomic mass is 32.2. The molecule has 1 fully saturated rings. The largest absolute Gasteiger partial charge is 0.481 e. The van der Waals surface area contributed by atoms with Crippen LogP contribution in [0.2, 0.25) is 0 Å². The molecule has 0 saturated heterocycles. The summed E-state index contributed by atoms with van der Waals surface area (Å²) in [5, 5.41) is 12.5. The molecule has 0 aromatic heterocycles. The molecule has 2 aromatic carbocycles. The van der Waals surface area contributed by atoms with Gasteiger partial charge in [-0.25, -0.2) is 0 Å². The van der Waals surface area contributed by atoms with Gasteiger partial charge in [0.05, 0.1) is 17.5 Å². The van der Waals surface area contributed by atoms with Crippen molar-refractivity contribution in [2.24, 2.45) is 23.7 Å². The number of carbonyl (C=O) groups is 2. The average Bonchev–Trinajstić information content (AvgIpc) is 3.25. The van der Waals surface area contributed by atoms with Gasteiger partial charge in [0.2, 0.25) is 5.91 Å². The first-order valence-corrected chi connectivity index (χ1v) is 9.49. The number of hydrogen-bond acceptors (Lipinski definition) is 3. The molecule has 26 heavy (non-hydrogen) atoms. The lowest BCUT2D eigenvalue weighted by Gasteiger charge is -2.24. The van der Waals surface area contributed by atoms with Crippen molar-refractivity contribution >= 4 is 29.3 Å². The molecule has 2 N–H and O–H groups in total. The second-order valence-corrected chi connectivity index (χ2v) is 7.85. The fourth-order valence-electron chi connectivity index (χ4n) is 4.01. The van der Waals surface area contributed by atoms with E-state index in [0.29, 0.717) is 0 Å². The van der Waals surface area contributed by atoms with Crippen molar-refractivity contribution in [2.45, 2.75) is 16.2 Å². The first-order valence-electron chi connectivity index (χ1n) is 8.67. The van der Waals surface area contributed by atoms with Crippen LogP contribution in [-0.4, -0.2) is 17.0 Å². The molecule has 2 bridgehead atoms. The second-order valence-electron chi connectivity index (χ2n) is 6.74. The van der Waals surface area contributed by atoms with Crippen LogP contribution in [0.1, 0.15) is 6.42 Å². The lowest BCUT2D eigenvalue weighted by atomic mass is 9.82. The molecule has 5 heteroatoms. The summed E-state index contributed by atoms with van der Waals surface area (Å²) in [5.74, 6) is -2.21. The topological polar surface area (TPSA) is 66.4 Å². The maximum Gasteiger partial charge on any atom is 0.307 e. The van der Waals surface area contributed by atoms with Crippen LogP contribution in [0.15, 0.2) is 76.5 Å². The van der Waals surface area contributed by atoms with Gasteiger partial charge in [-0.15, -0.1) is 0 Å². The maximum absolute atomic E-state index is 12.9. The van der Waals surface area contributed by atoms with Gasteiger partial charge in [0.15, 0.2) is 0 Å². The van der Waals surface area contributed by atoms with E-state index >= 15 is 0 Å².